The van der Waals surface area contributed by atoms with Gasteiger partial charge in [-0.1, -0.05) is 50.1 Å². The standard InChI is InChI=1S/C15H20O/c1-13(2)12-15(16)11-7-6-10-14-8-4-3-5-9-14/h3-5,8-9,13,15-16H,6,10,12H2,1-2H3/t15-/m1/s1. The van der Waals surface area contributed by atoms with E-state index in [1.54, 1.807) is 0 Å². The zero-order chi connectivity index (χ0) is 11.8. The van der Waals surface area contributed by atoms with E-state index in [1.165, 1.54) is 5.56 Å². The number of aryl methyl sites for hydroxylation is 1. The largest absolute Gasteiger partial charge is 0.380 e. The minimum atomic E-state index is -0.462. The first kappa shape index (κ1) is 12.8. The van der Waals surface area contributed by atoms with Crippen molar-refractivity contribution in [3.8, 4) is 11.8 Å². The lowest BCUT2D eigenvalue weighted by Crippen LogP contribution is -2.06. The molecule has 0 saturated carbocycles. The smallest absolute Gasteiger partial charge is 0.115 e. The summed E-state index contributed by atoms with van der Waals surface area (Å²) in [4.78, 5) is 0. The number of hydrogen-bond acceptors (Lipinski definition) is 1. The molecule has 1 aromatic rings. The van der Waals surface area contributed by atoms with Crippen LogP contribution in [0.1, 0.15) is 32.3 Å². The van der Waals surface area contributed by atoms with Gasteiger partial charge in [0, 0.05) is 6.42 Å². The monoisotopic (exact) mass is 216 g/mol. The predicted octanol–water partition coefficient (Wildman–Crippen LogP) is 3.03. The Kier molecular flexibility index (Phi) is 5.67. The molecule has 0 aliphatic carbocycles. The van der Waals surface area contributed by atoms with Crippen molar-refractivity contribution >= 4 is 0 Å². The molecule has 1 nitrogen and oxygen atoms in total. The normalized spacial score (nSPS) is 12.0. The van der Waals surface area contributed by atoms with Gasteiger partial charge in [-0.2, -0.15) is 0 Å². The molecule has 86 valence electrons. The minimum absolute atomic E-state index is 0.462. The Balaban J connectivity index is 2.28. The summed E-state index contributed by atoms with van der Waals surface area (Å²) >= 11 is 0. The maximum absolute atomic E-state index is 9.54. The summed E-state index contributed by atoms with van der Waals surface area (Å²) in [5, 5.41) is 9.54. The Morgan fingerprint density at radius 1 is 1.19 bits per heavy atom. The lowest BCUT2D eigenvalue weighted by Gasteiger charge is -2.05. The van der Waals surface area contributed by atoms with Crippen molar-refractivity contribution in [2.75, 3.05) is 0 Å². The second-order valence-corrected chi connectivity index (χ2v) is 4.45. The van der Waals surface area contributed by atoms with Crippen LogP contribution in [0.5, 0.6) is 0 Å². The molecule has 1 atom stereocenters. The first-order chi connectivity index (χ1) is 7.68. The van der Waals surface area contributed by atoms with Gasteiger partial charge in [0.25, 0.3) is 0 Å². The molecule has 16 heavy (non-hydrogen) atoms. The van der Waals surface area contributed by atoms with Gasteiger partial charge in [0.1, 0.15) is 6.10 Å². The number of aliphatic hydroxyl groups is 1. The van der Waals surface area contributed by atoms with Crippen LogP contribution in [-0.2, 0) is 6.42 Å². The third kappa shape index (κ3) is 5.58. The third-order valence-electron chi connectivity index (χ3n) is 2.34. The van der Waals surface area contributed by atoms with Crippen LogP contribution in [0.4, 0.5) is 0 Å². The summed E-state index contributed by atoms with van der Waals surface area (Å²) in [5.74, 6) is 6.43. The Morgan fingerprint density at radius 2 is 1.88 bits per heavy atom. The molecule has 0 amide bonds. The zero-order valence-electron chi connectivity index (χ0n) is 10.1. The second kappa shape index (κ2) is 7.09. The number of aliphatic hydroxyl groups excluding tert-OH is 1. The summed E-state index contributed by atoms with van der Waals surface area (Å²) in [6.07, 6.45) is 2.08. The number of hydrogen-bond donors (Lipinski definition) is 1. The number of rotatable bonds is 4. The molecule has 0 aromatic heterocycles. The molecule has 1 N–H and O–H groups in total. The Bertz CT molecular complexity index is 343. The molecule has 0 fully saturated rings. The van der Waals surface area contributed by atoms with Gasteiger partial charge in [-0.25, -0.2) is 0 Å². The number of benzene rings is 1. The van der Waals surface area contributed by atoms with Crippen molar-refractivity contribution in [1.82, 2.24) is 0 Å². The van der Waals surface area contributed by atoms with Gasteiger partial charge in [-0.15, -0.1) is 5.92 Å². The van der Waals surface area contributed by atoms with Crippen molar-refractivity contribution in [2.45, 2.75) is 39.2 Å². The fourth-order valence-electron chi connectivity index (χ4n) is 1.55. The highest BCUT2D eigenvalue weighted by Crippen LogP contribution is 2.04. The van der Waals surface area contributed by atoms with Crippen LogP contribution in [0.25, 0.3) is 0 Å². The highest BCUT2D eigenvalue weighted by atomic mass is 16.3. The van der Waals surface area contributed by atoms with Crippen LogP contribution in [0, 0.1) is 17.8 Å². The van der Waals surface area contributed by atoms with Crippen molar-refractivity contribution in [3.63, 3.8) is 0 Å². The summed E-state index contributed by atoms with van der Waals surface area (Å²) < 4.78 is 0. The van der Waals surface area contributed by atoms with Gasteiger partial charge in [0.05, 0.1) is 0 Å². The van der Waals surface area contributed by atoms with Crippen LogP contribution in [0.15, 0.2) is 30.3 Å². The van der Waals surface area contributed by atoms with Gasteiger partial charge in [0.15, 0.2) is 0 Å². The van der Waals surface area contributed by atoms with Crippen LogP contribution in [0.2, 0.25) is 0 Å². The first-order valence-electron chi connectivity index (χ1n) is 5.89. The van der Waals surface area contributed by atoms with Crippen molar-refractivity contribution < 1.29 is 5.11 Å². The van der Waals surface area contributed by atoms with Gasteiger partial charge < -0.3 is 5.11 Å². The van der Waals surface area contributed by atoms with Crippen molar-refractivity contribution in [2.24, 2.45) is 5.92 Å². The van der Waals surface area contributed by atoms with E-state index in [9.17, 15) is 5.11 Å². The maximum atomic E-state index is 9.54. The van der Waals surface area contributed by atoms with E-state index in [0.717, 1.165) is 19.3 Å². The van der Waals surface area contributed by atoms with Gasteiger partial charge in [-0.05, 0) is 24.3 Å². The fraction of sp³-hybridized carbons (Fsp3) is 0.467. The third-order valence-corrected chi connectivity index (χ3v) is 2.34. The summed E-state index contributed by atoms with van der Waals surface area (Å²) in [6.45, 7) is 4.18. The molecule has 1 rings (SSSR count). The minimum Gasteiger partial charge on any atom is -0.380 e. The average molecular weight is 216 g/mol. The van der Waals surface area contributed by atoms with Crippen molar-refractivity contribution in [3.05, 3.63) is 35.9 Å². The molecule has 0 saturated heterocycles. The maximum Gasteiger partial charge on any atom is 0.115 e. The van der Waals surface area contributed by atoms with E-state index in [4.69, 9.17) is 0 Å². The van der Waals surface area contributed by atoms with Gasteiger partial charge in [-0.3, -0.25) is 0 Å². The quantitative estimate of drug-likeness (QED) is 0.767. The predicted molar refractivity (Wildman–Crippen MR) is 68.0 cm³/mol. The molecule has 1 aromatic carbocycles. The molecular weight excluding hydrogens is 196 g/mol. The second-order valence-electron chi connectivity index (χ2n) is 4.45. The summed E-state index contributed by atoms with van der Waals surface area (Å²) in [5.41, 5.74) is 1.30. The molecule has 0 unspecified atom stereocenters. The van der Waals surface area contributed by atoms with E-state index in [1.807, 2.05) is 18.2 Å². The zero-order valence-corrected chi connectivity index (χ0v) is 10.1. The summed E-state index contributed by atoms with van der Waals surface area (Å²) in [7, 11) is 0. The molecule has 0 bridgehead atoms. The van der Waals surface area contributed by atoms with E-state index in [-0.39, 0.29) is 0 Å². The van der Waals surface area contributed by atoms with Crippen LogP contribution >= 0.6 is 0 Å². The lowest BCUT2D eigenvalue weighted by molar-refractivity contribution is 0.204. The lowest BCUT2D eigenvalue weighted by atomic mass is 10.1. The highest BCUT2D eigenvalue weighted by molar-refractivity contribution is 5.16. The molecule has 1 heteroatoms. The SMILES string of the molecule is CC(C)C[C@H](O)C#CCCc1ccccc1. The Hall–Kier alpha value is -1.26. The Labute approximate surface area is 98.5 Å². The van der Waals surface area contributed by atoms with Crippen LogP contribution in [0.3, 0.4) is 0 Å². The topological polar surface area (TPSA) is 20.2 Å². The van der Waals surface area contributed by atoms with E-state index >= 15 is 0 Å². The molecule has 0 heterocycles. The molecule has 0 radical (unpaired) electrons. The average Bonchev–Trinajstić information content (AvgIpc) is 2.25. The molecule has 0 aliphatic heterocycles. The summed E-state index contributed by atoms with van der Waals surface area (Å²) in [6, 6.07) is 10.3. The molecule has 0 aliphatic rings. The van der Waals surface area contributed by atoms with Crippen LogP contribution < -0.4 is 0 Å². The van der Waals surface area contributed by atoms with E-state index < -0.39 is 6.10 Å². The van der Waals surface area contributed by atoms with E-state index in [0.29, 0.717) is 5.92 Å². The van der Waals surface area contributed by atoms with Gasteiger partial charge in [0.2, 0.25) is 0 Å². The Morgan fingerprint density at radius 3 is 2.50 bits per heavy atom. The van der Waals surface area contributed by atoms with E-state index in [2.05, 4.69) is 37.8 Å². The molecular formula is C15H20O. The molecule has 0 spiro atoms. The van der Waals surface area contributed by atoms with Gasteiger partial charge >= 0.3 is 0 Å². The fourth-order valence-corrected chi connectivity index (χ4v) is 1.55. The first-order valence-corrected chi connectivity index (χ1v) is 5.89. The van der Waals surface area contributed by atoms with Crippen molar-refractivity contribution in [1.29, 1.82) is 0 Å². The van der Waals surface area contributed by atoms with Crippen LogP contribution in [-0.4, -0.2) is 11.2 Å². The highest BCUT2D eigenvalue weighted by Gasteiger charge is 2.01.